The van der Waals surface area contributed by atoms with Crippen molar-refractivity contribution in [1.29, 1.82) is 0 Å². The summed E-state index contributed by atoms with van der Waals surface area (Å²) in [5.41, 5.74) is 0. The van der Waals surface area contributed by atoms with Gasteiger partial charge in [0.1, 0.15) is 0 Å². The third-order valence-electron chi connectivity index (χ3n) is 0.515. The van der Waals surface area contributed by atoms with E-state index in [0.717, 1.165) is 0 Å². The standard InChI is InChI=1S/C4H7ClO2.K/c5-3-1-2-4(6)7;/h1-3H2,(H,6,7);/q;+1/p-1. The van der Waals surface area contributed by atoms with Crippen LogP contribution in [0.3, 0.4) is 0 Å². The van der Waals surface area contributed by atoms with E-state index in [9.17, 15) is 9.90 Å². The molecule has 0 aromatic rings. The maximum atomic E-state index is 9.59. The molecule has 0 aliphatic carbocycles. The fourth-order valence-electron chi connectivity index (χ4n) is 0.211. The average molecular weight is 161 g/mol. The second-order valence-corrected chi connectivity index (χ2v) is 1.54. The third kappa shape index (κ3) is 10.4. The molecule has 0 saturated heterocycles. The fourth-order valence-corrected chi connectivity index (χ4v) is 0.345. The summed E-state index contributed by atoms with van der Waals surface area (Å²) in [4.78, 5) is 9.59. The summed E-state index contributed by atoms with van der Waals surface area (Å²) in [7, 11) is 0. The van der Waals surface area contributed by atoms with Crippen molar-refractivity contribution in [2.24, 2.45) is 0 Å². The summed E-state index contributed by atoms with van der Waals surface area (Å²) in [6.07, 6.45) is 0.577. The van der Waals surface area contributed by atoms with Crippen molar-refractivity contribution in [3.05, 3.63) is 0 Å². The van der Waals surface area contributed by atoms with Crippen LogP contribution in [0.15, 0.2) is 0 Å². The van der Waals surface area contributed by atoms with Crippen molar-refractivity contribution in [1.82, 2.24) is 0 Å². The van der Waals surface area contributed by atoms with Crippen LogP contribution in [-0.2, 0) is 4.79 Å². The molecular weight excluding hydrogens is 155 g/mol. The molecule has 4 heteroatoms. The SMILES string of the molecule is O=C([O-])CCCCl.[K+]. The first-order valence-corrected chi connectivity index (χ1v) is 2.56. The number of carboxylic acids is 1. The van der Waals surface area contributed by atoms with Gasteiger partial charge in [-0.3, -0.25) is 0 Å². The van der Waals surface area contributed by atoms with E-state index in [4.69, 9.17) is 11.6 Å². The second kappa shape index (κ2) is 8.40. The molecule has 0 amide bonds. The maximum absolute atomic E-state index is 9.59. The first-order chi connectivity index (χ1) is 3.27. The van der Waals surface area contributed by atoms with Crippen molar-refractivity contribution in [3.8, 4) is 0 Å². The van der Waals surface area contributed by atoms with Crippen molar-refractivity contribution in [2.45, 2.75) is 12.8 Å². The van der Waals surface area contributed by atoms with Crippen LogP contribution in [-0.4, -0.2) is 11.8 Å². The first kappa shape index (κ1) is 12.1. The molecule has 8 heavy (non-hydrogen) atoms. The van der Waals surface area contributed by atoms with Gasteiger partial charge < -0.3 is 9.90 Å². The molecule has 0 aliphatic rings. The van der Waals surface area contributed by atoms with E-state index < -0.39 is 5.97 Å². The number of halogens is 1. The van der Waals surface area contributed by atoms with E-state index in [2.05, 4.69) is 0 Å². The van der Waals surface area contributed by atoms with Crippen LogP contribution in [0.2, 0.25) is 0 Å². The summed E-state index contributed by atoms with van der Waals surface area (Å²) < 4.78 is 0. The molecule has 0 saturated carbocycles. The number of rotatable bonds is 3. The summed E-state index contributed by atoms with van der Waals surface area (Å²) in [6, 6.07) is 0. The minimum Gasteiger partial charge on any atom is -0.550 e. The largest absolute Gasteiger partial charge is 1.00 e. The number of hydrogen-bond donors (Lipinski definition) is 0. The van der Waals surface area contributed by atoms with E-state index >= 15 is 0 Å². The first-order valence-electron chi connectivity index (χ1n) is 2.03. The van der Waals surface area contributed by atoms with Crippen LogP contribution in [0.1, 0.15) is 12.8 Å². The van der Waals surface area contributed by atoms with Crippen LogP contribution >= 0.6 is 11.6 Å². The molecule has 0 aliphatic heterocycles. The predicted octanol–water partition coefficient (Wildman–Crippen LogP) is -3.24. The summed E-state index contributed by atoms with van der Waals surface area (Å²) in [5.74, 6) is -0.630. The van der Waals surface area contributed by atoms with Crippen molar-refractivity contribution >= 4 is 17.6 Å². The van der Waals surface area contributed by atoms with E-state index in [0.29, 0.717) is 12.3 Å². The number of hydrogen-bond acceptors (Lipinski definition) is 2. The fraction of sp³-hybridized carbons (Fsp3) is 0.750. The Kier molecular flexibility index (Phi) is 12.7. The third-order valence-corrected chi connectivity index (χ3v) is 0.782. The number of carboxylic acid groups (broad SMARTS) is 1. The van der Waals surface area contributed by atoms with Gasteiger partial charge in [0.05, 0.1) is 0 Å². The van der Waals surface area contributed by atoms with Crippen LogP contribution in [0.5, 0.6) is 0 Å². The Morgan fingerprint density at radius 2 is 2.12 bits per heavy atom. The summed E-state index contributed by atoms with van der Waals surface area (Å²) in [5, 5.41) is 9.59. The van der Waals surface area contributed by atoms with Gasteiger partial charge in [-0.2, -0.15) is 0 Å². The molecule has 0 spiro atoms. The Balaban J connectivity index is 0. The normalized spacial score (nSPS) is 7.62. The molecule has 0 N–H and O–H groups in total. The Morgan fingerprint density at radius 3 is 2.25 bits per heavy atom. The Morgan fingerprint density at radius 1 is 1.62 bits per heavy atom. The summed E-state index contributed by atoms with van der Waals surface area (Å²) >= 11 is 5.15. The molecule has 0 atom stereocenters. The predicted molar refractivity (Wildman–Crippen MR) is 25.0 cm³/mol. The van der Waals surface area contributed by atoms with Gasteiger partial charge in [0.2, 0.25) is 0 Å². The molecular formula is C4H6ClKO2. The zero-order chi connectivity index (χ0) is 5.70. The topological polar surface area (TPSA) is 40.1 Å². The minimum atomic E-state index is -1.03. The number of aliphatic carboxylic acids is 1. The van der Waals surface area contributed by atoms with Crippen LogP contribution in [0, 0.1) is 0 Å². The van der Waals surface area contributed by atoms with E-state index in [-0.39, 0.29) is 57.8 Å². The van der Waals surface area contributed by atoms with Crippen molar-refractivity contribution in [2.75, 3.05) is 5.88 Å². The second-order valence-electron chi connectivity index (χ2n) is 1.16. The van der Waals surface area contributed by atoms with Crippen LogP contribution in [0.25, 0.3) is 0 Å². The molecule has 0 unspecified atom stereocenters. The quantitative estimate of drug-likeness (QED) is 0.322. The van der Waals surface area contributed by atoms with Crippen molar-refractivity contribution < 1.29 is 61.3 Å². The molecule has 42 valence electrons. The van der Waals surface area contributed by atoms with E-state index in [1.165, 1.54) is 0 Å². The van der Waals surface area contributed by atoms with Gasteiger partial charge in [-0.1, -0.05) is 0 Å². The van der Waals surface area contributed by atoms with Crippen LogP contribution in [0.4, 0.5) is 0 Å². The van der Waals surface area contributed by atoms with Gasteiger partial charge in [-0.25, -0.2) is 0 Å². The smallest absolute Gasteiger partial charge is 0.550 e. The zero-order valence-corrected chi connectivity index (χ0v) is 8.69. The number of carbonyl (C=O) groups is 1. The molecule has 0 heterocycles. The maximum Gasteiger partial charge on any atom is 1.00 e. The number of carbonyl (C=O) groups excluding carboxylic acids is 1. The van der Waals surface area contributed by atoms with Gasteiger partial charge >= 0.3 is 51.4 Å². The van der Waals surface area contributed by atoms with Gasteiger partial charge in [0, 0.05) is 11.8 Å². The monoisotopic (exact) mass is 160 g/mol. The van der Waals surface area contributed by atoms with E-state index in [1.807, 2.05) is 0 Å². The Hall–Kier alpha value is 1.40. The van der Waals surface area contributed by atoms with Gasteiger partial charge in [0.25, 0.3) is 0 Å². The van der Waals surface area contributed by atoms with Gasteiger partial charge in [-0.05, 0) is 12.8 Å². The Labute approximate surface area is 96.0 Å². The summed E-state index contributed by atoms with van der Waals surface area (Å²) in [6.45, 7) is 0. The molecule has 0 aromatic heterocycles. The molecule has 0 aromatic carbocycles. The van der Waals surface area contributed by atoms with Crippen LogP contribution < -0.4 is 56.5 Å². The number of alkyl halides is 1. The molecule has 0 rings (SSSR count). The van der Waals surface area contributed by atoms with Gasteiger partial charge in [0.15, 0.2) is 0 Å². The van der Waals surface area contributed by atoms with Crippen molar-refractivity contribution in [3.63, 3.8) is 0 Å². The molecule has 0 radical (unpaired) electrons. The molecule has 2 nitrogen and oxygen atoms in total. The van der Waals surface area contributed by atoms with E-state index in [1.54, 1.807) is 0 Å². The molecule has 0 bridgehead atoms. The molecule has 0 fully saturated rings. The van der Waals surface area contributed by atoms with Gasteiger partial charge in [-0.15, -0.1) is 11.6 Å². The Bertz CT molecular complexity index is 67.1. The zero-order valence-electron chi connectivity index (χ0n) is 4.82. The average Bonchev–Trinajstić information content (AvgIpc) is 1.61. The minimum absolute atomic E-state index is 0.